The van der Waals surface area contributed by atoms with Crippen LogP contribution in [0, 0.1) is 0 Å². The first-order valence-corrected chi connectivity index (χ1v) is 8.25. The minimum absolute atomic E-state index is 0.315. The van der Waals surface area contributed by atoms with Crippen LogP contribution in [-0.2, 0) is 10.3 Å². The van der Waals surface area contributed by atoms with Gasteiger partial charge in [-0.15, -0.1) is 0 Å². The molecule has 21 heavy (non-hydrogen) atoms. The lowest BCUT2D eigenvalue weighted by molar-refractivity contribution is -0.146. The normalized spacial score (nSPS) is 19.7. The van der Waals surface area contributed by atoms with Crippen molar-refractivity contribution in [2.45, 2.75) is 69.9 Å². The molecule has 3 heteroatoms. The van der Waals surface area contributed by atoms with Crippen molar-refractivity contribution in [1.82, 2.24) is 5.32 Å². The van der Waals surface area contributed by atoms with Gasteiger partial charge in [-0.25, -0.2) is 4.79 Å². The number of rotatable bonds is 6. The minimum Gasteiger partial charge on any atom is -0.480 e. The lowest BCUT2D eigenvalue weighted by Gasteiger charge is -2.35. The highest BCUT2D eigenvalue weighted by molar-refractivity contribution is 5.80. The third kappa shape index (κ3) is 3.85. The number of nitrogens with one attached hydrogen (secondary N) is 1. The molecule has 2 N–H and O–H groups in total. The summed E-state index contributed by atoms with van der Waals surface area (Å²) in [5, 5.41) is 13.5. The number of carboxylic acid groups (broad SMARTS) is 1. The Morgan fingerprint density at radius 2 is 1.81 bits per heavy atom. The maximum Gasteiger partial charge on any atom is 0.328 e. The maximum atomic E-state index is 12.1. The molecule has 1 aliphatic rings. The predicted molar refractivity (Wildman–Crippen MR) is 85.3 cm³/mol. The molecular weight excluding hydrogens is 262 g/mol. The van der Waals surface area contributed by atoms with Gasteiger partial charge in [-0.2, -0.15) is 0 Å². The Labute approximate surface area is 127 Å². The van der Waals surface area contributed by atoms with E-state index in [2.05, 4.69) is 12.2 Å². The summed E-state index contributed by atoms with van der Waals surface area (Å²) >= 11 is 0. The summed E-state index contributed by atoms with van der Waals surface area (Å²) < 4.78 is 0. The molecular formula is C18H27NO2. The molecule has 1 saturated carbocycles. The van der Waals surface area contributed by atoms with Gasteiger partial charge in [0.1, 0.15) is 5.54 Å². The zero-order chi connectivity index (χ0) is 15.1. The highest BCUT2D eigenvalue weighted by atomic mass is 16.4. The Morgan fingerprint density at radius 1 is 1.19 bits per heavy atom. The van der Waals surface area contributed by atoms with Gasteiger partial charge in [-0.05, 0) is 24.8 Å². The van der Waals surface area contributed by atoms with E-state index in [1.165, 1.54) is 25.7 Å². The van der Waals surface area contributed by atoms with Crippen LogP contribution in [0.3, 0.4) is 0 Å². The van der Waals surface area contributed by atoms with Crippen LogP contribution in [0.1, 0.15) is 63.9 Å². The van der Waals surface area contributed by atoms with Crippen molar-refractivity contribution in [3.8, 4) is 0 Å². The van der Waals surface area contributed by atoms with Crippen molar-refractivity contribution in [2.24, 2.45) is 0 Å². The lowest BCUT2D eigenvalue weighted by Crippen LogP contribution is -2.53. The molecule has 2 rings (SSSR count). The van der Waals surface area contributed by atoms with E-state index in [1.54, 1.807) is 0 Å². The average molecular weight is 289 g/mol. The fraction of sp³-hybridized carbons (Fsp3) is 0.611. The smallest absolute Gasteiger partial charge is 0.328 e. The lowest BCUT2D eigenvalue weighted by atomic mass is 9.84. The van der Waals surface area contributed by atoms with E-state index in [1.807, 2.05) is 30.3 Å². The quantitative estimate of drug-likeness (QED) is 0.776. The number of benzene rings is 1. The number of hydrogen-bond donors (Lipinski definition) is 2. The van der Waals surface area contributed by atoms with Gasteiger partial charge in [0.2, 0.25) is 0 Å². The number of carbonyl (C=O) groups is 1. The van der Waals surface area contributed by atoms with Crippen LogP contribution in [-0.4, -0.2) is 17.1 Å². The summed E-state index contributed by atoms with van der Waals surface area (Å²) in [6.45, 7) is 2.05. The molecule has 1 aliphatic carbocycles. The topological polar surface area (TPSA) is 49.3 Å². The molecule has 0 aliphatic heterocycles. The monoisotopic (exact) mass is 289 g/mol. The SMILES string of the molecule is CCCC(NC1CCCCCC1)(C(=O)O)c1ccccc1. The Hall–Kier alpha value is -1.35. The van der Waals surface area contributed by atoms with Gasteiger partial charge in [0.05, 0.1) is 0 Å². The van der Waals surface area contributed by atoms with Crippen molar-refractivity contribution in [2.75, 3.05) is 0 Å². The fourth-order valence-corrected chi connectivity index (χ4v) is 3.46. The zero-order valence-electron chi connectivity index (χ0n) is 13.0. The third-order valence-corrected chi connectivity index (χ3v) is 4.56. The molecule has 1 unspecified atom stereocenters. The first-order chi connectivity index (χ1) is 10.2. The van der Waals surface area contributed by atoms with E-state index in [9.17, 15) is 9.90 Å². The minimum atomic E-state index is -0.939. The maximum absolute atomic E-state index is 12.1. The molecule has 116 valence electrons. The van der Waals surface area contributed by atoms with Crippen molar-refractivity contribution >= 4 is 5.97 Å². The summed E-state index contributed by atoms with van der Waals surface area (Å²) in [5.41, 5.74) is -0.0611. The van der Waals surface area contributed by atoms with Gasteiger partial charge in [0.25, 0.3) is 0 Å². The molecule has 0 saturated heterocycles. The van der Waals surface area contributed by atoms with Crippen molar-refractivity contribution < 1.29 is 9.90 Å². The summed E-state index contributed by atoms with van der Waals surface area (Å²) in [7, 11) is 0. The van der Waals surface area contributed by atoms with Crippen molar-refractivity contribution in [1.29, 1.82) is 0 Å². The largest absolute Gasteiger partial charge is 0.480 e. The Balaban J connectivity index is 2.28. The Bertz CT molecular complexity index is 438. The van der Waals surface area contributed by atoms with Gasteiger partial charge in [-0.3, -0.25) is 5.32 Å². The summed E-state index contributed by atoms with van der Waals surface area (Å²) in [4.78, 5) is 12.1. The van der Waals surface area contributed by atoms with Gasteiger partial charge in [0, 0.05) is 6.04 Å². The van der Waals surface area contributed by atoms with Crippen LogP contribution in [0.15, 0.2) is 30.3 Å². The van der Waals surface area contributed by atoms with Crippen LogP contribution >= 0.6 is 0 Å². The molecule has 0 bridgehead atoms. The summed E-state index contributed by atoms with van der Waals surface area (Å²) in [6.07, 6.45) is 8.61. The van der Waals surface area contributed by atoms with Crippen molar-refractivity contribution in [3.05, 3.63) is 35.9 Å². The van der Waals surface area contributed by atoms with Crippen LogP contribution in [0.2, 0.25) is 0 Å². The molecule has 3 nitrogen and oxygen atoms in total. The fourth-order valence-electron chi connectivity index (χ4n) is 3.46. The van der Waals surface area contributed by atoms with Gasteiger partial charge < -0.3 is 5.11 Å². The molecule has 0 radical (unpaired) electrons. The van der Waals surface area contributed by atoms with E-state index < -0.39 is 11.5 Å². The van der Waals surface area contributed by atoms with Crippen molar-refractivity contribution in [3.63, 3.8) is 0 Å². The third-order valence-electron chi connectivity index (χ3n) is 4.56. The summed E-state index contributed by atoms with van der Waals surface area (Å²) in [5.74, 6) is -0.750. The van der Waals surface area contributed by atoms with Gasteiger partial charge >= 0.3 is 5.97 Å². The molecule has 0 aromatic heterocycles. The number of carboxylic acids is 1. The second-order valence-electron chi connectivity index (χ2n) is 6.16. The van der Waals surface area contributed by atoms with Crippen LogP contribution in [0.25, 0.3) is 0 Å². The van der Waals surface area contributed by atoms with Crippen LogP contribution in [0.4, 0.5) is 0 Å². The highest BCUT2D eigenvalue weighted by Gasteiger charge is 2.40. The standard InChI is InChI=1S/C18H27NO2/c1-2-14-18(17(20)21,15-10-6-5-7-11-15)19-16-12-8-3-4-9-13-16/h5-7,10-11,16,19H,2-4,8-9,12-14H2,1H3,(H,20,21). The zero-order valence-corrected chi connectivity index (χ0v) is 13.0. The van der Waals surface area contributed by atoms with Crippen LogP contribution in [0.5, 0.6) is 0 Å². The molecule has 1 atom stereocenters. The molecule has 1 aromatic carbocycles. The average Bonchev–Trinajstić information content (AvgIpc) is 2.76. The van der Waals surface area contributed by atoms with Gasteiger partial charge in [-0.1, -0.05) is 69.4 Å². The van der Waals surface area contributed by atoms with Gasteiger partial charge in [0.15, 0.2) is 0 Å². The Kier molecular flexibility index (Phi) is 5.80. The molecule has 1 aromatic rings. The van der Waals surface area contributed by atoms with E-state index in [0.29, 0.717) is 12.5 Å². The second-order valence-corrected chi connectivity index (χ2v) is 6.16. The first kappa shape index (κ1) is 16.0. The molecule has 1 fully saturated rings. The number of aliphatic carboxylic acids is 1. The second kappa shape index (κ2) is 7.60. The molecule has 0 heterocycles. The van der Waals surface area contributed by atoms with E-state index in [4.69, 9.17) is 0 Å². The van der Waals surface area contributed by atoms with Crippen LogP contribution < -0.4 is 5.32 Å². The molecule has 0 spiro atoms. The number of hydrogen-bond acceptors (Lipinski definition) is 2. The Morgan fingerprint density at radius 3 is 2.33 bits per heavy atom. The van der Waals surface area contributed by atoms with E-state index in [0.717, 1.165) is 24.8 Å². The first-order valence-electron chi connectivity index (χ1n) is 8.25. The van der Waals surface area contributed by atoms with E-state index >= 15 is 0 Å². The molecule has 0 amide bonds. The highest BCUT2D eigenvalue weighted by Crippen LogP contribution is 2.30. The predicted octanol–water partition coefficient (Wildman–Crippen LogP) is 4.08. The van der Waals surface area contributed by atoms with E-state index in [-0.39, 0.29) is 0 Å². The summed E-state index contributed by atoms with van der Waals surface area (Å²) in [6, 6.07) is 9.99.